The maximum atomic E-state index is 17.5. The maximum Gasteiger partial charge on any atom is 0.519 e. The summed E-state index contributed by atoms with van der Waals surface area (Å²) in [6, 6.07) is 6.06. The molecule has 57 heavy (non-hydrogen) atoms. The molecule has 0 spiro atoms. The number of fused-ring (bicyclic) bond motifs is 4. The molecule has 0 bridgehead atoms. The summed E-state index contributed by atoms with van der Waals surface area (Å²) >= 11 is 0. The highest BCUT2D eigenvalue weighted by Crippen LogP contribution is 2.44. The Morgan fingerprint density at radius 2 is 1.95 bits per heavy atom. The monoisotopic (exact) mass is 781 g/mol. The zero-order valence-corrected chi connectivity index (χ0v) is 32.4. The molecule has 3 aromatic heterocycles. The standard InChI is InChI=1S/C43H46F3N7O4/c1-5-27-20-53-28(19-51(27)21-33-39(23(3)4)57-42(54)56-33)9-7-10-32-35-38(49-41(50-40(35)53)55-22-43-13-8-14-52(43)18-25(44)17-43)36(46)37(48-32)30-16-26(47)15-24-11-12-31(45)29(6-2)34(24)30/h2,11-12,15-16,23,25,27-28H,5,7-10,13-14,17-22,47H2,1,3-4H3/t25-,27-,28-,43+/m1/s1. The summed E-state index contributed by atoms with van der Waals surface area (Å²) in [6.45, 7) is 8.93. The van der Waals surface area contributed by atoms with Crippen LogP contribution in [0.1, 0.15) is 88.0 Å². The molecule has 2 aromatic carbocycles. The molecule has 9 rings (SSSR count). The fraction of sp³-hybridized carbons (Fsp3) is 0.488. The first-order valence-electron chi connectivity index (χ1n) is 20.0. The number of benzene rings is 2. The first-order valence-corrected chi connectivity index (χ1v) is 20.0. The molecule has 298 valence electrons. The van der Waals surface area contributed by atoms with Crippen LogP contribution in [0.5, 0.6) is 6.01 Å². The van der Waals surface area contributed by atoms with E-state index in [0.29, 0.717) is 83.9 Å². The van der Waals surface area contributed by atoms with Gasteiger partial charge < -0.3 is 24.2 Å². The first-order chi connectivity index (χ1) is 27.5. The lowest BCUT2D eigenvalue weighted by atomic mass is 9.93. The molecule has 0 saturated carbocycles. The number of piperazine rings is 1. The predicted octanol–water partition coefficient (Wildman–Crippen LogP) is 7.12. The molecule has 11 nitrogen and oxygen atoms in total. The second kappa shape index (κ2) is 14.4. The van der Waals surface area contributed by atoms with Crippen LogP contribution in [0, 0.1) is 24.0 Å². The molecular formula is C43H46F3N7O4. The minimum absolute atomic E-state index is 0.00706. The molecule has 4 aliphatic rings. The number of hydrogen-bond acceptors (Lipinski definition) is 11. The zero-order chi connectivity index (χ0) is 39.7. The number of nitrogens with zero attached hydrogens (tertiary/aromatic N) is 6. The maximum absolute atomic E-state index is 17.5. The number of hydrogen-bond donors (Lipinski definition) is 1. The van der Waals surface area contributed by atoms with E-state index in [1.54, 1.807) is 18.2 Å². The molecule has 7 heterocycles. The fourth-order valence-corrected chi connectivity index (χ4v) is 9.93. The van der Waals surface area contributed by atoms with Crippen molar-refractivity contribution in [1.29, 1.82) is 0 Å². The van der Waals surface area contributed by atoms with Gasteiger partial charge in [0, 0.05) is 60.7 Å². The zero-order valence-electron chi connectivity index (χ0n) is 32.4. The number of ether oxygens (including phenoxy) is 1. The Hall–Kier alpha value is -5.13. The molecule has 2 N–H and O–H groups in total. The third kappa shape index (κ3) is 6.39. The minimum atomic E-state index is -0.950. The van der Waals surface area contributed by atoms with E-state index in [1.165, 1.54) is 6.07 Å². The van der Waals surface area contributed by atoms with Gasteiger partial charge in [-0.25, -0.2) is 22.9 Å². The van der Waals surface area contributed by atoms with E-state index < -0.39 is 29.2 Å². The van der Waals surface area contributed by atoms with Gasteiger partial charge in [0.1, 0.15) is 35.6 Å². The van der Waals surface area contributed by atoms with Gasteiger partial charge in [-0.1, -0.05) is 32.8 Å². The molecule has 14 heteroatoms. The molecule has 4 atom stereocenters. The third-order valence-electron chi connectivity index (χ3n) is 12.6. The van der Waals surface area contributed by atoms with Crippen molar-refractivity contribution in [3.8, 4) is 29.6 Å². The number of rotatable bonds is 8. The highest BCUT2D eigenvalue weighted by molar-refractivity contribution is 6.04. The highest BCUT2D eigenvalue weighted by atomic mass is 19.1. The van der Waals surface area contributed by atoms with E-state index in [0.717, 1.165) is 38.6 Å². The Bertz CT molecular complexity index is 2500. The number of nitrogen functional groups attached to an aromatic ring is 1. The third-order valence-corrected chi connectivity index (χ3v) is 12.6. The molecule has 0 aliphatic carbocycles. The van der Waals surface area contributed by atoms with Crippen molar-refractivity contribution in [2.24, 2.45) is 0 Å². The SMILES string of the molecule is C#Cc1c(F)ccc2cc(N)cc(-c3nc4c5c(nc(OC[C@@]67CCCN6C[C@H](F)C7)nc5c3F)N3C[C@@H](CC)N(Cc5oc(=O)oc5C(C)C)C[C@H]3CCC4)c12. The van der Waals surface area contributed by atoms with Crippen LogP contribution in [-0.4, -0.2) is 81.3 Å². The molecule has 3 saturated heterocycles. The van der Waals surface area contributed by atoms with Crippen molar-refractivity contribution < 1.29 is 26.7 Å². The summed E-state index contributed by atoms with van der Waals surface area (Å²) in [5, 5.41) is 1.38. The molecule has 3 fully saturated rings. The number of terminal acetylenes is 1. The van der Waals surface area contributed by atoms with Gasteiger partial charge in [-0.05, 0) is 68.7 Å². The van der Waals surface area contributed by atoms with Crippen molar-refractivity contribution in [3.05, 3.63) is 69.3 Å². The van der Waals surface area contributed by atoms with E-state index in [2.05, 4.69) is 27.5 Å². The van der Waals surface area contributed by atoms with Crippen LogP contribution >= 0.6 is 0 Å². The normalized spacial score (nSPS) is 23.8. The summed E-state index contributed by atoms with van der Waals surface area (Å²) in [5.74, 6) is 1.98. The number of aromatic nitrogens is 3. The Morgan fingerprint density at radius 1 is 1.11 bits per heavy atom. The van der Waals surface area contributed by atoms with Gasteiger partial charge in [0.05, 0.1) is 28.7 Å². The lowest BCUT2D eigenvalue weighted by molar-refractivity contribution is 0.107. The Balaban J connectivity index is 1.19. The lowest BCUT2D eigenvalue weighted by Crippen LogP contribution is -2.58. The predicted molar refractivity (Wildman–Crippen MR) is 211 cm³/mol. The number of nitrogens with two attached hydrogens (primary N) is 1. The van der Waals surface area contributed by atoms with Crippen LogP contribution in [0.25, 0.3) is 32.9 Å². The van der Waals surface area contributed by atoms with E-state index in [-0.39, 0.29) is 53.0 Å². The van der Waals surface area contributed by atoms with Crippen molar-refractivity contribution in [2.75, 3.05) is 43.4 Å². The molecular weight excluding hydrogens is 736 g/mol. The summed E-state index contributed by atoms with van der Waals surface area (Å²) < 4.78 is 64.9. The van der Waals surface area contributed by atoms with Crippen LogP contribution in [0.15, 0.2) is 37.9 Å². The van der Waals surface area contributed by atoms with E-state index in [1.807, 2.05) is 13.8 Å². The largest absolute Gasteiger partial charge is 0.519 e. The van der Waals surface area contributed by atoms with Crippen LogP contribution < -0.4 is 21.2 Å². The highest BCUT2D eigenvalue weighted by Gasteiger charge is 2.49. The molecule has 0 unspecified atom stereocenters. The van der Waals surface area contributed by atoms with E-state index in [9.17, 15) is 9.18 Å². The quantitative estimate of drug-likeness (QED) is 0.128. The summed E-state index contributed by atoms with van der Waals surface area (Å²) in [4.78, 5) is 33.7. The summed E-state index contributed by atoms with van der Waals surface area (Å²) in [5.41, 5.74) is 7.06. The Labute approximate surface area is 328 Å². The summed E-state index contributed by atoms with van der Waals surface area (Å²) in [7, 11) is 0. The topological polar surface area (TPSA) is 127 Å². The second-order valence-corrected chi connectivity index (χ2v) is 16.5. The first kappa shape index (κ1) is 37.4. The number of alkyl halides is 1. The van der Waals surface area contributed by atoms with Gasteiger partial charge in [-0.2, -0.15) is 9.97 Å². The number of anilines is 2. The van der Waals surface area contributed by atoms with E-state index in [4.69, 9.17) is 40.7 Å². The molecule has 0 amide bonds. The Morgan fingerprint density at radius 3 is 2.74 bits per heavy atom. The second-order valence-electron chi connectivity index (χ2n) is 16.5. The molecule has 4 aliphatic heterocycles. The average Bonchev–Trinajstić information content (AvgIpc) is 3.84. The van der Waals surface area contributed by atoms with Crippen molar-refractivity contribution in [1.82, 2.24) is 24.8 Å². The van der Waals surface area contributed by atoms with Gasteiger partial charge in [0.15, 0.2) is 17.3 Å². The van der Waals surface area contributed by atoms with Gasteiger partial charge in [0.2, 0.25) is 0 Å². The minimum Gasteiger partial charge on any atom is -0.461 e. The van der Waals surface area contributed by atoms with Crippen LogP contribution in [0.3, 0.4) is 0 Å². The van der Waals surface area contributed by atoms with Gasteiger partial charge >= 0.3 is 11.8 Å². The van der Waals surface area contributed by atoms with Gasteiger partial charge in [-0.15, -0.1) is 6.42 Å². The summed E-state index contributed by atoms with van der Waals surface area (Å²) in [6.07, 6.45) is 9.71. The molecule has 0 radical (unpaired) electrons. The average molecular weight is 782 g/mol. The number of pyridine rings is 1. The van der Waals surface area contributed by atoms with Crippen LogP contribution in [-0.2, 0) is 13.0 Å². The van der Waals surface area contributed by atoms with Crippen molar-refractivity contribution >= 4 is 33.2 Å². The number of halogens is 3. The number of aryl methyl sites for hydroxylation is 1. The smallest absolute Gasteiger partial charge is 0.461 e. The van der Waals surface area contributed by atoms with Crippen molar-refractivity contribution in [2.45, 2.75) is 102 Å². The fourth-order valence-electron chi connectivity index (χ4n) is 9.93. The van der Waals surface area contributed by atoms with Gasteiger partial charge in [0.25, 0.3) is 0 Å². The molecule has 5 aromatic rings. The van der Waals surface area contributed by atoms with Crippen molar-refractivity contribution in [3.63, 3.8) is 0 Å². The van der Waals surface area contributed by atoms with Crippen LogP contribution in [0.2, 0.25) is 0 Å². The van der Waals surface area contributed by atoms with Crippen LogP contribution in [0.4, 0.5) is 24.7 Å². The van der Waals surface area contributed by atoms with E-state index >= 15 is 8.78 Å². The Kier molecular flexibility index (Phi) is 9.43. The lowest BCUT2D eigenvalue weighted by Gasteiger charge is -2.47. The van der Waals surface area contributed by atoms with Gasteiger partial charge in [-0.3, -0.25) is 9.80 Å².